The molecule has 0 aromatic heterocycles. The second kappa shape index (κ2) is 7.47. The van der Waals surface area contributed by atoms with E-state index in [2.05, 4.69) is 17.0 Å². The first-order valence-electron chi connectivity index (χ1n) is 11.7. The maximum Gasteiger partial charge on any atom is 0.184 e. The summed E-state index contributed by atoms with van der Waals surface area (Å²) in [5.41, 5.74) is 3.98. The van der Waals surface area contributed by atoms with E-state index in [1.165, 1.54) is 44.1 Å². The maximum absolute atomic E-state index is 14.6. The summed E-state index contributed by atoms with van der Waals surface area (Å²) in [6.07, 6.45) is 7.30. The molecule has 4 aliphatic rings. The van der Waals surface area contributed by atoms with Crippen molar-refractivity contribution < 1.29 is 4.79 Å². The van der Waals surface area contributed by atoms with Crippen LogP contribution in [0.4, 0.5) is 0 Å². The van der Waals surface area contributed by atoms with Crippen molar-refractivity contribution in [3.05, 3.63) is 69.7 Å². The molecule has 31 heavy (non-hydrogen) atoms. The highest BCUT2D eigenvalue weighted by Gasteiger charge is 2.69. The lowest BCUT2D eigenvalue weighted by atomic mass is 9.69. The number of rotatable bonds is 3. The molecule has 4 heteroatoms. The van der Waals surface area contributed by atoms with Gasteiger partial charge in [-0.15, -0.1) is 0 Å². The number of Topliss-reactive ketones (excluding diaryl/α,β-unsaturated/α-hetero) is 1. The van der Waals surface area contributed by atoms with E-state index in [0.717, 1.165) is 34.8 Å². The number of piperidine rings is 1. The third-order valence-corrected chi connectivity index (χ3v) is 8.88. The maximum atomic E-state index is 14.6. The fourth-order valence-corrected chi connectivity index (χ4v) is 7.56. The summed E-state index contributed by atoms with van der Waals surface area (Å²) in [5, 5.41) is 1.44. The molecule has 2 aromatic carbocycles. The van der Waals surface area contributed by atoms with Crippen molar-refractivity contribution in [2.45, 2.75) is 44.1 Å². The van der Waals surface area contributed by atoms with Crippen molar-refractivity contribution in [3.8, 4) is 0 Å². The van der Waals surface area contributed by atoms with Crippen LogP contribution < -0.4 is 0 Å². The van der Waals surface area contributed by atoms with E-state index in [0.29, 0.717) is 22.6 Å². The number of carbonyl (C=O) groups excluding carboxylic acids is 1. The molecule has 3 fully saturated rings. The monoisotopic (exact) mass is 451 g/mol. The second-order valence-corrected chi connectivity index (χ2v) is 10.6. The van der Waals surface area contributed by atoms with Gasteiger partial charge >= 0.3 is 0 Å². The molecule has 0 spiro atoms. The zero-order chi connectivity index (χ0) is 21.2. The van der Waals surface area contributed by atoms with E-state index in [9.17, 15) is 4.79 Å². The number of fused-ring (bicyclic) bond motifs is 5. The molecule has 1 saturated heterocycles. The predicted molar refractivity (Wildman–Crippen MR) is 127 cm³/mol. The van der Waals surface area contributed by atoms with Gasteiger partial charge in [-0.2, -0.15) is 0 Å². The Morgan fingerprint density at radius 3 is 2.06 bits per heavy atom. The summed E-state index contributed by atoms with van der Waals surface area (Å²) in [5.74, 6) is 1.70. The average Bonchev–Trinajstić information content (AvgIpc) is 3.47. The van der Waals surface area contributed by atoms with Crippen molar-refractivity contribution >= 4 is 40.1 Å². The molecule has 160 valence electrons. The topological polar surface area (TPSA) is 20.3 Å². The first kappa shape index (κ1) is 20.0. The molecular formula is C27H27Cl2NO. The largest absolute Gasteiger partial charge is 0.292 e. The Bertz CT molecular complexity index is 1050. The molecule has 0 N–H and O–H groups in total. The van der Waals surface area contributed by atoms with Crippen molar-refractivity contribution in [1.29, 1.82) is 0 Å². The van der Waals surface area contributed by atoms with Crippen molar-refractivity contribution in [3.63, 3.8) is 0 Å². The van der Waals surface area contributed by atoms with E-state index in [-0.39, 0.29) is 11.5 Å². The number of hydrogen-bond donors (Lipinski definition) is 0. The molecular weight excluding hydrogens is 425 g/mol. The minimum absolute atomic E-state index is 0.281. The number of benzene rings is 2. The number of carbonyl (C=O) groups is 1. The second-order valence-electron chi connectivity index (χ2n) is 9.75. The van der Waals surface area contributed by atoms with Crippen LogP contribution in [0.15, 0.2) is 48.5 Å². The minimum Gasteiger partial charge on any atom is -0.292 e. The van der Waals surface area contributed by atoms with Crippen LogP contribution in [-0.2, 0) is 4.79 Å². The van der Waals surface area contributed by atoms with Crippen LogP contribution in [0.25, 0.3) is 11.1 Å². The Morgan fingerprint density at radius 1 is 0.806 bits per heavy atom. The first-order valence-corrected chi connectivity index (χ1v) is 12.4. The Morgan fingerprint density at radius 2 is 1.42 bits per heavy atom. The van der Waals surface area contributed by atoms with Gasteiger partial charge in [-0.3, -0.25) is 9.69 Å². The summed E-state index contributed by atoms with van der Waals surface area (Å²) in [6, 6.07) is 16.0. The van der Waals surface area contributed by atoms with Crippen molar-refractivity contribution in [1.82, 2.24) is 4.90 Å². The Balaban J connectivity index is 1.59. The number of likely N-dealkylation sites (tertiary alicyclic amines) is 1. The first-order chi connectivity index (χ1) is 15.1. The van der Waals surface area contributed by atoms with E-state index < -0.39 is 0 Å². The quantitative estimate of drug-likeness (QED) is 0.513. The van der Waals surface area contributed by atoms with Gasteiger partial charge in [0.2, 0.25) is 0 Å². The molecule has 3 aliphatic carbocycles. The lowest BCUT2D eigenvalue weighted by Gasteiger charge is -2.49. The summed E-state index contributed by atoms with van der Waals surface area (Å²) in [7, 11) is 0. The van der Waals surface area contributed by atoms with Gasteiger partial charge in [0.15, 0.2) is 5.78 Å². The third-order valence-electron chi connectivity index (χ3n) is 8.38. The Kier molecular flexibility index (Phi) is 4.83. The number of ketones is 1. The van der Waals surface area contributed by atoms with Gasteiger partial charge in [-0.05, 0) is 98.0 Å². The van der Waals surface area contributed by atoms with E-state index in [1.807, 2.05) is 36.4 Å². The highest BCUT2D eigenvalue weighted by Crippen LogP contribution is 2.67. The van der Waals surface area contributed by atoms with E-state index in [4.69, 9.17) is 23.2 Å². The normalized spacial score (nSPS) is 32.7. The van der Waals surface area contributed by atoms with Gasteiger partial charge in [0, 0.05) is 21.5 Å². The van der Waals surface area contributed by atoms with Crippen LogP contribution in [0.2, 0.25) is 10.0 Å². The fourth-order valence-electron chi connectivity index (χ4n) is 7.31. The molecule has 0 amide bonds. The van der Waals surface area contributed by atoms with Crippen LogP contribution in [0.3, 0.4) is 0 Å². The molecule has 2 aromatic rings. The molecule has 2 unspecified atom stereocenters. The Hall–Kier alpha value is -1.61. The molecule has 2 saturated carbocycles. The number of nitrogens with zero attached hydrogens (tertiary/aromatic N) is 1. The smallest absolute Gasteiger partial charge is 0.184 e. The fraction of sp³-hybridized carbons (Fsp3) is 0.444. The molecule has 1 aliphatic heterocycles. The summed E-state index contributed by atoms with van der Waals surface area (Å²) >= 11 is 12.4. The van der Waals surface area contributed by atoms with Crippen molar-refractivity contribution in [2.24, 2.45) is 17.8 Å². The highest BCUT2D eigenvalue weighted by molar-refractivity contribution is 6.36. The SMILES string of the molecule is O=C1C(c2ccc(Cl)cc2)=C(c2ccc(Cl)cc2)[C@H]2C3CCC(C3)[C@@]12N1CCCCC1. The van der Waals surface area contributed by atoms with Gasteiger partial charge in [-0.1, -0.05) is 53.9 Å². The molecule has 6 rings (SSSR count). The standard InChI is InChI=1S/C27H27Cl2NO/c28-21-10-5-17(6-11-21)23-24(18-7-12-22(29)13-8-18)26(31)27(30-14-2-1-3-15-30)20-9-4-19(16-20)25(23)27/h5-8,10-13,19-20,25H,1-4,9,14-16H2/t19?,20?,25-,27+/m1/s1. The van der Waals surface area contributed by atoms with Gasteiger partial charge in [0.1, 0.15) is 0 Å². The minimum atomic E-state index is -0.354. The summed E-state index contributed by atoms with van der Waals surface area (Å²) in [4.78, 5) is 17.2. The molecule has 2 nitrogen and oxygen atoms in total. The Labute approximate surface area is 194 Å². The van der Waals surface area contributed by atoms with E-state index in [1.54, 1.807) is 0 Å². The van der Waals surface area contributed by atoms with E-state index >= 15 is 0 Å². The van der Waals surface area contributed by atoms with Crippen LogP contribution in [0, 0.1) is 17.8 Å². The van der Waals surface area contributed by atoms with Crippen LogP contribution in [0.5, 0.6) is 0 Å². The van der Waals surface area contributed by atoms with Gasteiger partial charge in [0.25, 0.3) is 0 Å². The predicted octanol–water partition coefficient (Wildman–Crippen LogP) is 6.76. The molecule has 1 heterocycles. The summed E-state index contributed by atoms with van der Waals surface area (Å²) in [6.45, 7) is 2.10. The van der Waals surface area contributed by atoms with Gasteiger partial charge in [-0.25, -0.2) is 0 Å². The van der Waals surface area contributed by atoms with Crippen LogP contribution >= 0.6 is 23.2 Å². The van der Waals surface area contributed by atoms with Crippen LogP contribution in [0.1, 0.15) is 49.7 Å². The zero-order valence-corrected chi connectivity index (χ0v) is 19.1. The lowest BCUT2D eigenvalue weighted by Crippen LogP contribution is -2.61. The third kappa shape index (κ3) is 2.84. The van der Waals surface area contributed by atoms with Gasteiger partial charge < -0.3 is 0 Å². The van der Waals surface area contributed by atoms with Gasteiger partial charge in [0.05, 0.1) is 5.54 Å². The van der Waals surface area contributed by atoms with Crippen LogP contribution in [-0.4, -0.2) is 29.3 Å². The highest BCUT2D eigenvalue weighted by atomic mass is 35.5. The summed E-state index contributed by atoms with van der Waals surface area (Å²) < 4.78 is 0. The molecule has 0 radical (unpaired) electrons. The zero-order valence-electron chi connectivity index (χ0n) is 17.6. The average molecular weight is 452 g/mol. The molecule has 4 atom stereocenters. The number of halogens is 2. The number of hydrogen-bond acceptors (Lipinski definition) is 2. The molecule has 2 bridgehead atoms. The lowest BCUT2D eigenvalue weighted by molar-refractivity contribution is -0.131. The van der Waals surface area contributed by atoms with Crippen molar-refractivity contribution in [2.75, 3.05) is 13.1 Å².